The van der Waals surface area contributed by atoms with Gasteiger partial charge >= 0.3 is 0 Å². The topological polar surface area (TPSA) is 21.3 Å². The van der Waals surface area contributed by atoms with Crippen LogP contribution in [0.15, 0.2) is 12.2 Å². The first-order valence-electron chi connectivity index (χ1n) is 10.8. The van der Waals surface area contributed by atoms with Gasteiger partial charge < -0.3 is 10.1 Å². The minimum Gasteiger partial charge on any atom is -0.370 e. The quantitative estimate of drug-likeness (QED) is 0.611. The summed E-state index contributed by atoms with van der Waals surface area (Å²) in [7, 11) is 0. The van der Waals surface area contributed by atoms with Crippen molar-refractivity contribution in [1.29, 1.82) is 0 Å². The second-order valence-corrected chi connectivity index (χ2v) is 8.61. The van der Waals surface area contributed by atoms with Crippen LogP contribution in [0.3, 0.4) is 0 Å². The molecule has 0 bridgehead atoms. The van der Waals surface area contributed by atoms with E-state index in [0.29, 0.717) is 18.1 Å². The monoisotopic (exact) mass is 333 g/mol. The summed E-state index contributed by atoms with van der Waals surface area (Å²) in [6, 6.07) is 1.48. The van der Waals surface area contributed by atoms with Gasteiger partial charge in [0, 0.05) is 18.0 Å². The van der Waals surface area contributed by atoms with E-state index in [1.54, 1.807) is 0 Å². The van der Waals surface area contributed by atoms with E-state index in [0.717, 1.165) is 18.0 Å². The highest BCUT2D eigenvalue weighted by molar-refractivity contribution is 5.17. The Morgan fingerprint density at radius 1 is 1.00 bits per heavy atom. The summed E-state index contributed by atoms with van der Waals surface area (Å²) in [4.78, 5) is 0. The summed E-state index contributed by atoms with van der Waals surface area (Å²) in [5.41, 5.74) is 1.45. The second kappa shape index (κ2) is 8.85. The molecule has 2 nitrogen and oxygen atoms in total. The molecule has 138 valence electrons. The van der Waals surface area contributed by atoms with Crippen LogP contribution in [-0.4, -0.2) is 24.3 Å². The number of ether oxygens (including phenoxy) is 1. The second-order valence-electron chi connectivity index (χ2n) is 8.61. The van der Waals surface area contributed by atoms with Crippen molar-refractivity contribution in [2.45, 2.75) is 115 Å². The van der Waals surface area contributed by atoms with Crippen LogP contribution < -0.4 is 5.32 Å². The van der Waals surface area contributed by atoms with Gasteiger partial charge in [-0.2, -0.15) is 0 Å². The van der Waals surface area contributed by atoms with E-state index in [-0.39, 0.29) is 0 Å². The number of rotatable bonds is 7. The lowest BCUT2D eigenvalue weighted by molar-refractivity contribution is -0.0132. The zero-order valence-electron chi connectivity index (χ0n) is 16.1. The number of hydrogen-bond acceptors (Lipinski definition) is 2. The number of hydrogen-bond donors (Lipinski definition) is 1. The van der Waals surface area contributed by atoms with Crippen molar-refractivity contribution >= 4 is 0 Å². The van der Waals surface area contributed by atoms with E-state index in [1.165, 1.54) is 82.6 Å². The van der Waals surface area contributed by atoms with Crippen LogP contribution in [0.2, 0.25) is 0 Å². The van der Waals surface area contributed by atoms with Crippen LogP contribution in [0.5, 0.6) is 0 Å². The molecular weight excluding hydrogens is 294 g/mol. The summed E-state index contributed by atoms with van der Waals surface area (Å²) in [5.74, 6) is 1.41. The van der Waals surface area contributed by atoms with Crippen LogP contribution in [-0.2, 0) is 4.74 Å². The zero-order chi connectivity index (χ0) is 16.9. The minimum absolute atomic E-state index is 0.376. The summed E-state index contributed by atoms with van der Waals surface area (Å²) >= 11 is 0. The van der Waals surface area contributed by atoms with Gasteiger partial charge in [0.25, 0.3) is 0 Å². The van der Waals surface area contributed by atoms with Gasteiger partial charge in [-0.1, -0.05) is 46.1 Å². The Balaban J connectivity index is 1.47. The molecule has 1 N–H and O–H groups in total. The first-order valence-corrected chi connectivity index (χ1v) is 10.8. The summed E-state index contributed by atoms with van der Waals surface area (Å²) in [6.07, 6.45) is 16.8. The van der Waals surface area contributed by atoms with Crippen molar-refractivity contribution < 1.29 is 4.74 Å². The average molecular weight is 334 g/mol. The van der Waals surface area contributed by atoms with Crippen LogP contribution in [0.25, 0.3) is 0 Å². The lowest BCUT2D eigenvalue weighted by Crippen LogP contribution is -2.41. The Hall–Kier alpha value is -0.340. The molecule has 0 amide bonds. The normalized spacial score (nSPS) is 37.0. The third-order valence-corrected chi connectivity index (χ3v) is 6.81. The highest BCUT2D eigenvalue weighted by Gasteiger charge is 2.43. The van der Waals surface area contributed by atoms with Crippen molar-refractivity contribution in [1.82, 2.24) is 5.32 Å². The van der Waals surface area contributed by atoms with Crippen molar-refractivity contribution in [3.8, 4) is 0 Å². The van der Waals surface area contributed by atoms with Gasteiger partial charge in [-0.25, -0.2) is 0 Å². The average Bonchev–Trinajstić information content (AvgIpc) is 2.93. The lowest BCUT2D eigenvalue weighted by atomic mass is 9.76. The maximum absolute atomic E-state index is 6.49. The summed E-state index contributed by atoms with van der Waals surface area (Å²) in [5, 5.41) is 3.97. The van der Waals surface area contributed by atoms with E-state index in [9.17, 15) is 0 Å². The maximum Gasteiger partial charge on any atom is 0.0818 e. The van der Waals surface area contributed by atoms with Crippen LogP contribution in [0, 0.1) is 11.8 Å². The Kier molecular flexibility index (Phi) is 6.80. The molecule has 3 rings (SSSR count). The van der Waals surface area contributed by atoms with Crippen molar-refractivity contribution in [2.75, 3.05) is 0 Å². The molecule has 0 aromatic heterocycles. The highest BCUT2D eigenvalue weighted by atomic mass is 16.5. The molecule has 3 unspecified atom stereocenters. The van der Waals surface area contributed by atoms with Gasteiger partial charge in [0.1, 0.15) is 0 Å². The first kappa shape index (κ1) is 18.5. The van der Waals surface area contributed by atoms with Gasteiger partial charge in [-0.15, -0.1) is 0 Å². The molecule has 0 radical (unpaired) electrons. The predicted molar refractivity (Wildman–Crippen MR) is 102 cm³/mol. The highest BCUT2D eigenvalue weighted by Crippen LogP contribution is 2.45. The van der Waals surface area contributed by atoms with Crippen LogP contribution in [0.4, 0.5) is 0 Å². The van der Waals surface area contributed by atoms with Crippen molar-refractivity contribution in [3.63, 3.8) is 0 Å². The smallest absolute Gasteiger partial charge is 0.0818 e. The van der Waals surface area contributed by atoms with Gasteiger partial charge in [0.05, 0.1) is 12.2 Å². The molecule has 1 heterocycles. The molecule has 1 aliphatic heterocycles. The van der Waals surface area contributed by atoms with E-state index in [4.69, 9.17) is 4.74 Å². The van der Waals surface area contributed by atoms with Crippen LogP contribution >= 0.6 is 0 Å². The Bertz CT molecular complexity index is 393. The first-order chi connectivity index (χ1) is 11.7. The fourth-order valence-electron chi connectivity index (χ4n) is 5.51. The fourth-order valence-corrected chi connectivity index (χ4v) is 5.51. The van der Waals surface area contributed by atoms with Gasteiger partial charge in [-0.3, -0.25) is 0 Å². The largest absolute Gasteiger partial charge is 0.370 e. The third-order valence-electron chi connectivity index (χ3n) is 6.81. The van der Waals surface area contributed by atoms with E-state index in [1.807, 2.05) is 0 Å². The van der Waals surface area contributed by atoms with Crippen molar-refractivity contribution in [3.05, 3.63) is 12.2 Å². The molecule has 0 spiro atoms. The predicted octanol–water partition coefficient (Wildman–Crippen LogP) is 5.62. The summed E-state index contributed by atoms with van der Waals surface area (Å²) < 4.78 is 6.49. The van der Waals surface area contributed by atoms with Crippen LogP contribution in [0.1, 0.15) is 90.9 Å². The van der Waals surface area contributed by atoms with Crippen molar-refractivity contribution in [2.24, 2.45) is 11.8 Å². The Morgan fingerprint density at radius 3 is 2.29 bits per heavy atom. The molecule has 2 aliphatic carbocycles. The molecule has 0 aromatic rings. The molecule has 2 saturated carbocycles. The summed E-state index contributed by atoms with van der Waals surface area (Å²) in [6.45, 7) is 9.09. The van der Waals surface area contributed by atoms with E-state index >= 15 is 0 Å². The molecule has 2 heteroatoms. The van der Waals surface area contributed by atoms with E-state index in [2.05, 4.69) is 25.7 Å². The standard InChI is InChI=1S/C22H39NO/c1-4-8-18(9-5-2)23-19-14-12-17(13-15-19)22-16(3)20-10-6-7-11-21(20)24-22/h17-23H,3-15H2,1-2H3. The SMILES string of the molecule is C=C1C2CCCCC2OC1C1CCC(NC(CCC)CCC)CC1. The Labute approximate surface area is 149 Å². The van der Waals surface area contributed by atoms with Gasteiger partial charge in [0.2, 0.25) is 0 Å². The molecule has 3 aliphatic rings. The van der Waals surface area contributed by atoms with Gasteiger partial charge in [0.15, 0.2) is 0 Å². The molecule has 24 heavy (non-hydrogen) atoms. The van der Waals surface area contributed by atoms with Gasteiger partial charge in [-0.05, 0) is 62.9 Å². The molecule has 3 atom stereocenters. The fraction of sp³-hybridized carbons (Fsp3) is 0.909. The number of fused-ring (bicyclic) bond motifs is 1. The molecule has 0 aromatic carbocycles. The molecule has 1 saturated heterocycles. The molecule has 3 fully saturated rings. The van der Waals surface area contributed by atoms with E-state index < -0.39 is 0 Å². The lowest BCUT2D eigenvalue weighted by Gasteiger charge is -2.35. The Morgan fingerprint density at radius 2 is 1.67 bits per heavy atom. The minimum atomic E-state index is 0.376. The third kappa shape index (κ3) is 4.25. The zero-order valence-corrected chi connectivity index (χ0v) is 16.1. The molecular formula is C22H39NO. The number of nitrogens with one attached hydrogen (secondary N) is 1. The maximum atomic E-state index is 6.49.